The van der Waals surface area contributed by atoms with E-state index in [1.807, 2.05) is 25.7 Å². The summed E-state index contributed by atoms with van der Waals surface area (Å²) in [5.41, 5.74) is 0.540. The topological polar surface area (TPSA) is 96.7 Å². The lowest BCUT2D eigenvalue weighted by Crippen LogP contribution is -2.49. The van der Waals surface area contributed by atoms with E-state index < -0.39 is 11.7 Å². The van der Waals surface area contributed by atoms with Gasteiger partial charge in [0.25, 0.3) is 0 Å². The van der Waals surface area contributed by atoms with Crippen LogP contribution in [0.1, 0.15) is 33.6 Å². The van der Waals surface area contributed by atoms with Crippen LogP contribution >= 0.6 is 0 Å². The van der Waals surface area contributed by atoms with E-state index in [4.69, 9.17) is 4.74 Å². The summed E-state index contributed by atoms with van der Waals surface area (Å²) in [6.45, 7) is 6.65. The lowest BCUT2D eigenvalue weighted by Gasteiger charge is -2.35. The van der Waals surface area contributed by atoms with Gasteiger partial charge in [-0.2, -0.15) is 0 Å². The highest BCUT2D eigenvalue weighted by Gasteiger charge is 2.29. The molecule has 0 radical (unpaired) electrons. The highest BCUT2D eigenvalue weighted by Crippen LogP contribution is 2.36. The third-order valence-electron chi connectivity index (χ3n) is 3.95. The lowest BCUT2D eigenvalue weighted by atomic mass is 10.0. The van der Waals surface area contributed by atoms with Gasteiger partial charge >= 0.3 is 11.8 Å². The third-order valence-corrected chi connectivity index (χ3v) is 3.95. The number of rotatable bonds is 4. The second kappa shape index (κ2) is 7.58. The zero-order chi connectivity index (χ0) is 18.6. The Kier molecular flexibility index (Phi) is 5.71. The fraction of sp³-hybridized carbons (Fsp3) is 0.588. The molecular weight excluding hydrogens is 324 g/mol. The van der Waals surface area contributed by atoms with Crippen LogP contribution in [0, 0.1) is 10.1 Å². The van der Waals surface area contributed by atoms with E-state index in [2.05, 4.69) is 10.6 Å². The summed E-state index contributed by atoms with van der Waals surface area (Å²) in [5.74, 6) is 0. The van der Waals surface area contributed by atoms with E-state index in [-0.39, 0.29) is 16.7 Å². The predicted octanol–water partition coefficient (Wildman–Crippen LogP) is 3.13. The summed E-state index contributed by atoms with van der Waals surface area (Å²) in [5, 5.41) is 17.2. The number of anilines is 2. The summed E-state index contributed by atoms with van der Waals surface area (Å²) < 4.78 is 5.29. The first kappa shape index (κ1) is 18.8. The molecule has 0 unspecified atom stereocenters. The smallest absolute Gasteiger partial charge is 0.407 e. The van der Waals surface area contributed by atoms with Crippen molar-refractivity contribution in [1.82, 2.24) is 5.32 Å². The molecule has 1 atom stereocenters. The highest BCUT2D eigenvalue weighted by molar-refractivity contribution is 5.77. The molecule has 0 saturated carbocycles. The van der Waals surface area contributed by atoms with Crippen molar-refractivity contribution in [1.29, 1.82) is 0 Å². The summed E-state index contributed by atoms with van der Waals surface area (Å²) >= 11 is 0. The summed E-state index contributed by atoms with van der Waals surface area (Å²) in [7, 11) is 1.66. The fourth-order valence-electron chi connectivity index (χ4n) is 2.97. The van der Waals surface area contributed by atoms with Gasteiger partial charge in [0, 0.05) is 26.2 Å². The summed E-state index contributed by atoms with van der Waals surface area (Å²) in [6.07, 6.45) is 1.19. The molecule has 8 heteroatoms. The number of carbonyl (C=O) groups is 1. The molecule has 2 N–H and O–H groups in total. The number of para-hydroxylation sites is 1. The molecule has 2 rings (SSSR count). The molecular formula is C17H26N4O4. The van der Waals surface area contributed by atoms with Crippen LogP contribution in [0.15, 0.2) is 18.2 Å². The first-order valence-electron chi connectivity index (χ1n) is 8.41. The van der Waals surface area contributed by atoms with Crippen LogP contribution in [0.3, 0.4) is 0 Å². The Balaban J connectivity index is 2.14. The van der Waals surface area contributed by atoms with Gasteiger partial charge in [-0.25, -0.2) is 4.79 Å². The number of nitro groups is 1. The van der Waals surface area contributed by atoms with Crippen molar-refractivity contribution >= 4 is 23.2 Å². The normalized spacial score (nSPS) is 17.8. The minimum atomic E-state index is -0.557. The van der Waals surface area contributed by atoms with Gasteiger partial charge in [0.2, 0.25) is 0 Å². The number of hydrogen-bond acceptors (Lipinski definition) is 6. The first-order valence-corrected chi connectivity index (χ1v) is 8.41. The number of alkyl carbamates (subject to hydrolysis) is 1. The SMILES string of the molecule is CNc1cccc(N2CCC[C@@H](NC(=O)OC(C)(C)C)C2)c1[N+](=O)[O-]. The number of nitrogens with one attached hydrogen (secondary N) is 2. The Hall–Kier alpha value is -2.51. The standard InChI is InChI=1S/C17H26N4O4/c1-17(2,3)25-16(22)19-12-7-6-10-20(11-12)14-9-5-8-13(18-4)15(14)21(23)24/h5,8-9,12,18H,6-7,10-11H2,1-4H3,(H,19,22)/t12-/m1/s1. The number of carbonyl (C=O) groups excluding carboxylic acids is 1. The van der Waals surface area contributed by atoms with Crippen molar-refractivity contribution in [2.75, 3.05) is 30.4 Å². The minimum absolute atomic E-state index is 0.0583. The number of hydrogen-bond donors (Lipinski definition) is 2. The molecule has 1 saturated heterocycles. The predicted molar refractivity (Wildman–Crippen MR) is 97.2 cm³/mol. The molecule has 1 aromatic carbocycles. The number of piperidine rings is 1. The van der Waals surface area contributed by atoms with Crippen molar-refractivity contribution in [2.45, 2.75) is 45.3 Å². The van der Waals surface area contributed by atoms with E-state index in [1.165, 1.54) is 0 Å². The van der Waals surface area contributed by atoms with E-state index >= 15 is 0 Å². The van der Waals surface area contributed by atoms with Crippen LogP contribution in [-0.2, 0) is 4.74 Å². The molecule has 0 aromatic heterocycles. The molecule has 1 aliphatic heterocycles. The average Bonchev–Trinajstić information content (AvgIpc) is 2.52. The number of ether oxygens (including phenoxy) is 1. The molecule has 138 valence electrons. The number of nitrogens with zero attached hydrogens (tertiary/aromatic N) is 2. The number of amides is 1. The van der Waals surface area contributed by atoms with Crippen LogP contribution in [0.2, 0.25) is 0 Å². The molecule has 1 fully saturated rings. The Morgan fingerprint density at radius 1 is 1.40 bits per heavy atom. The highest BCUT2D eigenvalue weighted by atomic mass is 16.6. The van der Waals surface area contributed by atoms with Crippen LogP contribution < -0.4 is 15.5 Å². The van der Waals surface area contributed by atoms with Gasteiger partial charge in [0.15, 0.2) is 0 Å². The van der Waals surface area contributed by atoms with E-state index in [9.17, 15) is 14.9 Å². The molecule has 0 aliphatic carbocycles. The number of benzene rings is 1. The van der Waals surface area contributed by atoms with Gasteiger partial charge < -0.3 is 20.3 Å². The zero-order valence-electron chi connectivity index (χ0n) is 15.2. The van der Waals surface area contributed by atoms with Crippen molar-refractivity contribution < 1.29 is 14.5 Å². The Labute approximate surface area is 147 Å². The van der Waals surface area contributed by atoms with E-state index in [0.29, 0.717) is 24.5 Å². The van der Waals surface area contributed by atoms with Gasteiger partial charge in [-0.05, 0) is 45.7 Å². The molecule has 1 heterocycles. The number of nitro benzene ring substituents is 1. The summed E-state index contributed by atoms with van der Waals surface area (Å²) in [4.78, 5) is 25.1. The maximum Gasteiger partial charge on any atom is 0.407 e. The molecule has 8 nitrogen and oxygen atoms in total. The van der Waals surface area contributed by atoms with Crippen LogP contribution in [0.25, 0.3) is 0 Å². The van der Waals surface area contributed by atoms with Gasteiger partial charge in [0.1, 0.15) is 17.0 Å². The van der Waals surface area contributed by atoms with Crippen molar-refractivity contribution in [3.8, 4) is 0 Å². The third kappa shape index (κ3) is 4.98. The summed E-state index contributed by atoms with van der Waals surface area (Å²) in [6, 6.07) is 5.11. The lowest BCUT2D eigenvalue weighted by molar-refractivity contribution is -0.383. The zero-order valence-corrected chi connectivity index (χ0v) is 15.2. The molecule has 1 amide bonds. The Morgan fingerprint density at radius 2 is 2.12 bits per heavy atom. The molecule has 25 heavy (non-hydrogen) atoms. The largest absolute Gasteiger partial charge is 0.444 e. The van der Waals surface area contributed by atoms with E-state index in [1.54, 1.807) is 25.2 Å². The first-order chi connectivity index (χ1) is 11.7. The second-order valence-electron chi connectivity index (χ2n) is 7.11. The Morgan fingerprint density at radius 3 is 2.72 bits per heavy atom. The van der Waals surface area contributed by atoms with Gasteiger partial charge in [-0.15, -0.1) is 0 Å². The molecule has 0 spiro atoms. The quantitative estimate of drug-likeness (QED) is 0.640. The maximum absolute atomic E-state index is 12.0. The Bertz CT molecular complexity index is 642. The second-order valence-corrected chi connectivity index (χ2v) is 7.11. The van der Waals surface area contributed by atoms with Crippen LogP contribution in [0.5, 0.6) is 0 Å². The van der Waals surface area contributed by atoms with E-state index in [0.717, 1.165) is 12.8 Å². The molecule has 1 aliphatic rings. The fourth-order valence-corrected chi connectivity index (χ4v) is 2.97. The van der Waals surface area contributed by atoms with Gasteiger partial charge in [0.05, 0.1) is 4.92 Å². The van der Waals surface area contributed by atoms with Crippen molar-refractivity contribution in [3.63, 3.8) is 0 Å². The maximum atomic E-state index is 12.0. The molecule has 1 aromatic rings. The monoisotopic (exact) mass is 350 g/mol. The van der Waals surface area contributed by atoms with Crippen molar-refractivity contribution in [2.24, 2.45) is 0 Å². The van der Waals surface area contributed by atoms with Gasteiger partial charge in [-0.1, -0.05) is 6.07 Å². The van der Waals surface area contributed by atoms with Crippen LogP contribution in [0.4, 0.5) is 21.9 Å². The van der Waals surface area contributed by atoms with Gasteiger partial charge in [-0.3, -0.25) is 10.1 Å². The van der Waals surface area contributed by atoms with Crippen molar-refractivity contribution in [3.05, 3.63) is 28.3 Å². The van der Waals surface area contributed by atoms with Crippen LogP contribution in [-0.4, -0.2) is 42.8 Å². The molecule has 0 bridgehead atoms. The minimum Gasteiger partial charge on any atom is -0.444 e. The average molecular weight is 350 g/mol.